The number of halogens is 1. The molecule has 0 radical (unpaired) electrons. The van der Waals surface area contributed by atoms with E-state index in [-0.39, 0.29) is 18.0 Å². The molecule has 16 heavy (non-hydrogen) atoms. The second-order valence-electron chi connectivity index (χ2n) is 3.86. The van der Waals surface area contributed by atoms with E-state index in [0.717, 1.165) is 0 Å². The minimum absolute atomic E-state index is 0.0953. The molecule has 1 N–H and O–H groups in total. The largest absolute Gasteiger partial charge is 0.376 e. The van der Waals surface area contributed by atoms with E-state index in [1.165, 1.54) is 6.07 Å². The molecule has 0 amide bonds. The summed E-state index contributed by atoms with van der Waals surface area (Å²) in [7, 11) is 1.83. The van der Waals surface area contributed by atoms with Crippen LogP contribution in [-0.4, -0.2) is 32.9 Å². The van der Waals surface area contributed by atoms with Crippen LogP contribution in [0.2, 0.25) is 0 Å². The van der Waals surface area contributed by atoms with Gasteiger partial charge < -0.3 is 14.8 Å². The van der Waals surface area contributed by atoms with Gasteiger partial charge in [0.2, 0.25) is 0 Å². The van der Waals surface area contributed by atoms with Gasteiger partial charge in [0.1, 0.15) is 11.9 Å². The van der Waals surface area contributed by atoms with Crippen molar-refractivity contribution in [2.75, 3.05) is 26.8 Å². The highest BCUT2D eigenvalue weighted by atomic mass is 19.1. The van der Waals surface area contributed by atoms with Gasteiger partial charge in [-0.2, -0.15) is 0 Å². The van der Waals surface area contributed by atoms with Crippen molar-refractivity contribution >= 4 is 0 Å². The first-order chi connectivity index (χ1) is 7.81. The predicted molar refractivity (Wildman–Crippen MR) is 58.8 cm³/mol. The van der Waals surface area contributed by atoms with E-state index < -0.39 is 0 Å². The molecule has 1 atom stereocenters. The Bertz CT molecular complexity index is 342. The van der Waals surface area contributed by atoms with Crippen molar-refractivity contribution in [3.63, 3.8) is 0 Å². The van der Waals surface area contributed by atoms with Crippen molar-refractivity contribution in [1.29, 1.82) is 0 Å². The van der Waals surface area contributed by atoms with E-state index in [1.54, 1.807) is 12.1 Å². The Kier molecular flexibility index (Phi) is 3.88. The molecule has 3 nitrogen and oxygen atoms in total. The van der Waals surface area contributed by atoms with E-state index in [9.17, 15) is 4.39 Å². The Morgan fingerprint density at radius 2 is 2.25 bits per heavy atom. The van der Waals surface area contributed by atoms with Crippen molar-refractivity contribution in [2.45, 2.75) is 12.2 Å². The van der Waals surface area contributed by atoms with E-state index in [2.05, 4.69) is 5.32 Å². The van der Waals surface area contributed by atoms with E-state index in [4.69, 9.17) is 9.47 Å². The molecule has 2 rings (SSSR count). The monoisotopic (exact) mass is 225 g/mol. The maximum atomic E-state index is 13.6. The molecule has 88 valence electrons. The SMILES string of the molecule is CNCC(OC1COC1)c1ccccc1F. The van der Waals surface area contributed by atoms with Gasteiger partial charge in [0.15, 0.2) is 0 Å². The lowest BCUT2D eigenvalue weighted by Gasteiger charge is -2.30. The highest BCUT2D eigenvalue weighted by molar-refractivity contribution is 5.20. The zero-order valence-electron chi connectivity index (χ0n) is 9.28. The lowest BCUT2D eigenvalue weighted by molar-refractivity contribution is -0.155. The molecule has 0 aromatic heterocycles. The second kappa shape index (κ2) is 5.39. The quantitative estimate of drug-likeness (QED) is 0.823. The van der Waals surface area contributed by atoms with Crippen LogP contribution in [0.3, 0.4) is 0 Å². The predicted octanol–water partition coefficient (Wildman–Crippen LogP) is 1.50. The lowest BCUT2D eigenvalue weighted by Crippen LogP contribution is -2.39. The maximum Gasteiger partial charge on any atom is 0.129 e. The number of rotatable bonds is 5. The fraction of sp³-hybridized carbons (Fsp3) is 0.500. The summed E-state index contributed by atoms with van der Waals surface area (Å²) in [4.78, 5) is 0. The average molecular weight is 225 g/mol. The van der Waals surface area contributed by atoms with Gasteiger partial charge in [0.05, 0.1) is 19.3 Å². The summed E-state index contributed by atoms with van der Waals surface area (Å²) in [6.07, 6.45) is -0.155. The van der Waals surface area contributed by atoms with Crippen molar-refractivity contribution < 1.29 is 13.9 Å². The molecule has 1 aliphatic rings. The molecule has 0 spiro atoms. The van der Waals surface area contributed by atoms with Gasteiger partial charge >= 0.3 is 0 Å². The maximum absolute atomic E-state index is 13.6. The Balaban J connectivity index is 2.08. The summed E-state index contributed by atoms with van der Waals surface area (Å²) in [5.41, 5.74) is 0.601. The third kappa shape index (κ3) is 2.58. The number of hydrogen-bond donors (Lipinski definition) is 1. The first-order valence-corrected chi connectivity index (χ1v) is 5.43. The fourth-order valence-corrected chi connectivity index (χ4v) is 1.68. The van der Waals surface area contributed by atoms with Crippen LogP contribution in [0.4, 0.5) is 4.39 Å². The fourth-order valence-electron chi connectivity index (χ4n) is 1.68. The van der Waals surface area contributed by atoms with E-state index in [0.29, 0.717) is 25.3 Å². The molecule has 1 unspecified atom stereocenters. The molecule has 1 fully saturated rings. The summed E-state index contributed by atoms with van der Waals surface area (Å²) in [5.74, 6) is -0.219. The number of benzene rings is 1. The van der Waals surface area contributed by atoms with Crippen LogP contribution in [0.15, 0.2) is 24.3 Å². The van der Waals surface area contributed by atoms with Crippen LogP contribution in [0.25, 0.3) is 0 Å². The van der Waals surface area contributed by atoms with E-state index in [1.807, 2.05) is 13.1 Å². The van der Waals surface area contributed by atoms with Crippen LogP contribution in [-0.2, 0) is 9.47 Å². The molecule has 1 heterocycles. The molecule has 0 saturated carbocycles. The highest BCUT2D eigenvalue weighted by Crippen LogP contribution is 2.23. The molecule has 1 saturated heterocycles. The van der Waals surface area contributed by atoms with Gasteiger partial charge in [-0.05, 0) is 13.1 Å². The summed E-state index contributed by atoms with van der Waals surface area (Å²) in [6, 6.07) is 6.72. The second-order valence-corrected chi connectivity index (χ2v) is 3.86. The van der Waals surface area contributed by atoms with Gasteiger partial charge in [-0.3, -0.25) is 0 Å². The molecular formula is C12H16FNO2. The number of nitrogens with one attached hydrogen (secondary N) is 1. The first-order valence-electron chi connectivity index (χ1n) is 5.43. The highest BCUT2D eigenvalue weighted by Gasteiger charge is 2.25. The Labute approximate surface area is 94.6 Å². The van der Waals surface area contributed by atoms with Crippen LogP contribution in [0, 0.1) is 5.82 Å². The average Bonchev–Trinajstić information content (AvgIpc) is 2.23. The van der Waals surface area contributed by atoms with Crippen LogP contribution < -0.4 is 5.32 Å². The van der Waals surface area contributed by atoms with Gasteiger partial charge in [-0.15, -0.1) is 0 Å². The Morgan fingerprint density at radius 3 is 2.81 bits per heavy atom. The molecule has 1 aromatic carbocycles. The van der Waals surface area contributed by atoms with Gasteiger partial charge in [0.25, 0.3) is 0 Å². The summed E-state index contributed by atoms with van der Waals surface area (Å²) in [5, 5.41) is 3.01. The Hall–Kier alpha value is -0.970. The number of ether oxygens (including phenoxy) is 2. The van der Waals surface area contributed by atoms with Crippen LogP contribution in [0.5, 0.6) is 0 Å². The topological polar surface area (TPSA) is 30.5 Å². The van der Waals surface area contributed by atoms with Gasteiger partial charge in [0, 0.05) is 12.1 Å². The smallest absolute Gasteiger partial charge is 0.129 e. The molecule has 1 aliphatic heterocycles. The molecule has 1 aromatic rings. The van der Waals surface area contributed by atoms with Crippen LogP contribution in [0.1, 0.15) is 11.7 Å². The van der Waals surface area contributed by atoms with Crippen LogP contribution >= 0.6 is 0 Å². The normalized spacial score (nSPS) is 18.1. The molecule has 0 bridgehead atoms. The number of likely N-dealkylation sites (N-methyl/N-ethyl adjacent to an activating group) is 1. The third-order valence-electron chi connectivity index (χ3n) is 2.61. The van der Waals surface area contributed by atoms with Crippen molar-refractivity contribution in [2.24, 2.45) is 0 Å². The molecule has 0 aliphatic carbocycles. The van der Waals surface area contributed by atoms with E-state index >= 15 is 0 Å². The van der Waals surface area contributed by atoms with Gasteiger partial charge in [-0.1, -0.05) is 18.2 Å². The number of hydrogen-bond acceptors (Lipinski definition) is 3. The van der Waals surface area contributed by atoms with Crippen molar-refractivity contribution in [3.05, 3.63) is 35.6 Å². The van der Waals surface area contributed by atoms with Gasteiger partial charge in [-0.25, -0.2) is 4.39 Å². The minimum atomic E-state index is -0.250. The summed E-state index contributed by atoms with van der Waals surface area (Å²) in [6.45, 7) is 1.81. The lowest BCUT2D eigenvalue weighted by atomic mass is 10.1. The van der Waals surface area contributed by atoms with Crippen molar-refractivity contribution in [1.82, 2.24) is 5.32 Å². The van der Waals surface area contributed by atoms with Crippen molar-refractivity contribution in [3.8, 4) is 0 Å². The summed E-state index contributed by atoms with van der Waals surface area (Å²) < 4.78 is 24.4. The molecule has 4 heteroatoms. The first kappa shape index (κ1) is 11.5. The zero-order chi connectivity index (χ0) is 11.4. The zero-order valence-corrected chi connectivity index (χ0v) is 9.28. The standard InChI is InChI=1S/C12H16FNO2/c1-14-6-12(16-9-7-15-8-9)10-4-2-3-5-11(10)13/h2-5,9,12,14H,6-8H2,1H3. The third-order valence-corrected chi connectivity index (χ3v) is 2.61. The molecular weight excluding hydrogens is 209 g/mol. The summed E-state index contributed by atoms with van der Waals surface area (Å²) >= 11 is 0. The minimum Gasteiger partial charge on any atom is -0.376 e. The Morgan fingerprint density at radius 1 is 1.50 bits per heavy atom.